The Kier molecular flexibility index (Phi) is 6.77. The summed E-state index contributed by atoms with van der Waals surface area (Å²) in [7, 11) is -4.12. The summed E-state index contributed by atoms with van der Waals surface area (Å²) >= 11 is 1.98. The Balaban J connectivity index is 1.56. The third-order valence-electron chi connectivity index (χ3n) is 5.05. The first kappa shape index (κ1) is 23.3. The summed E-state index contributed by atoms with van der Waals surface area (Å²) in [4.78, 5) is 26.0. The first-order valence-corrected chi connectivity index (χ1v) is 13.5. The molecule has 0 saturated heterocycles. The Hall–Kier alpha value is -2.83. The molecule has 9 nitrogen and oxygen atoms in total. The summed E-state index contributed by atoms with van der Waals surface area (Å²) in [5.74, 6) is -0.962. The average molecular weight is 507 g/mol. The molecule has 0 atom stereocenters. The molecule has 0 fully saturated rings. The summed E-state index contributed by atoms with van der Waals surface area (Å²) in [5, 5.41) is 10.4. The molecule has 1 aromatic carbocycles. The fourth-order valence-corrected chi connectivity index (χ4v) is 6.95. The lowest BCUT2D eigenvalue weighted by atomic mass is 9.95. The number of aryl methyl sites for hydroxylation is 2. The van der Waals surface area contributed by atoms with Gasteiger partial charge in [-0.15, -0.1) is 21.5 Å². The Morgan fingerprint density at radius 3 is 2.55 bits per heavy atom. The van der Waals surface area contributed by atoms with Gasteiger partial charge in [0.2, 0.25) is 5.13 Å². The van der Waals surface area contributed by atoms with Gasteiger partial charge in [0.15, 0.2) is 0 Å². The van der Waals surface area contributed by atoms with Gasteiger partial charge in [0.05, 0.1) is 12.2 Å². The maximum atomic E-state index is 13.0. The van der Waals surface area contributed by atoms with E-state index < -0.39 is 21.9 Å². The summed E-state index contributed by atoms with van der Waals surface area (Å²) in [6.45, 7) is 3.80. The van der Waals surface area contributed by atoms with Crippen LogP contribution in [-0.2, 0) is 27.6 Å². The molecule has 0 saturated carbocycles. The third-order valence-corrected chi connectivity index (χ3v) is 8.94. The molecular weight excluding hydrogens is 484 g/mol. The highest BCUT2D eigenvalue weighted by Gasteiger charge is 2.30. The van der Waals surface area contributed by atoms with E-state index >= 15 is 0 Å². The van der Waals surface area contributed by atoms with Crippen LogP contribution in [0.2, 0.25) is 0 Å². The SMILES string of the molecule is CCOC(=O)c1c(NS(=O)(=O)c2nnc(NC(=O)c3ccc(C)cc3)s2)sc2c1CCCC2. The number of aromatic nitrogens is 2. The molecular formula is C21H22N4O5S3. The van der Waals surface area contributed by atoms with Crippen molar-refractivity contribution in [3.8, 4) is 0 Å². The molecule has 1 aliphatic carbocycles. The molecule has 1 aliphatic rings. The zero-order valence-electron chi connectivity index (χ0n) is 18.0. The van der Waals surface area contributed by atoms with Crippen LogP contribution < -0.4 is 10.0 Å². The topological polar surface area (TPSA) is 127 Å². The van der Waals surface area contributed by atoms with Crippen LogP contribution in [0.15, 0.2) is 28.6 Å². The minimum atomic E-state index is -4.12. The van der Waals surface area contributed by atoms with Crippen LogP contribution >= 0.6 is 22.7 Å². The van der Waals surface area contributed by atoms with Crippen LogP contribution in [0.4, 0.5) is 10.1 Å². The van der Waals surface area contributed by atoms with Crippen molar-refractivity contribution in [2.45, 2.75) is 43.9 Å². The van der Waals surface area contributed by atoms with E-state index in [0.29, 0.717) is 12.0 Å². The number of carbonyl (C=O) groups is 2. The van der Waals surface area contributed by atoms with E-state index in [0.717, 1.165) is 46.6 Å². The number of nitrogens with zero attached hydrogens (tertiary/aromatic N) is 2. The number of hydrogen-bond donors (Lipinski definition) is 2. The Morgan fingerprint density at radius 2 is 1.82 bits per heavy atom. The van der Waals surface area contributed by atoms with Crippen LogP contribution in [0.3, 0.4) is 0 Å². The fraction of sp³-hybridized carbons (Fsp3) is 0.333. The molecule has 0 aliphatic heterocycles. The Morgan fingerprint density at radius 1 is 1.09 bits per heavy atom. The smallest absolute Gasteiger partial charge is 0.341 e. The van der Waals surface area contributed by atoms with Gasteiger partial charge in [-0.25, -0.2) is 4.79 Å². The van der Waals surface area contributed by atoms with E-state index in [1.807, 2.05) is 6.92 Å². The number of hydrogen-bond acceptors (Lipinski definition) is 9. The van der Waals surface area contributed by atoms with Gasteiger partial charge < -0.3 is 4.74 Å². The monoisotopic (exact) mass is 506 g/mol. The number of esters is 1. The van der Waals surface area contributed by atoms with E-state index in [1.165, 1.54) is 11.3 Å². The Labute approximate surface area is 199 Å². The number of amides is 1. The maximum Gasteiger partial charge on any atom is 0.341 e. The number of anilines is 2. The molecule has 0 spiro atoms. The van der Waals surface area contributed by atoms with Crippen molar-refractivity contribution >= 4 is 54.7 Å². The minimum Gasteiger partial charge on any atom is -0.462 e. The second-order valence-electron chi connectivity index (χ2n) is 7.43. The number of nitrogens with one attached hydrogen (secondary N) is 2. The molecule has 0 radical (unpaired) electrons. The van der Waals surface area contributed by atoms with E-state index in [-0.39, 0.29) is 26.6 Å². The van der Waals surface area contributed by atoms with Crippen molar-refractivity contribution in [2.24, 2.45) is 0 Å². The van der Waals surface area contributed by atoms with Crippen molar-refractivity contribution in [2.75, 3.05) is 16.6 Å². The van der Waals surface area contributed by atoms with Gasteiger partial charge in [-0.3, -0.25) is 14.8 Å². The van der Waals surface area contributed by atoms with Crippen LogP contribution in [0, 0.1) is 6.92 Å². The van der Waals surface area contributed by atoms with E-state index in [9.17, 15) is 18.0 Å². The summed E-state index contributed by atoms with van der Waals surface area (Å²) in [6, 6.07) is 6.94. The van der Waals surface area contributed by atoms with E-state index in [4.69, 9.17) is 4.74 Å². The molecule has 0 unspecified atom stereocenters. The molecule has 4 rings (SSSR count). The highest BCUT2D eigenvalue weighted by Crippen LogP contribution is 2.39. The van der Waals surface area contributed by atoms with Crippen LogP contribution in [0.1, 0.15) is 56.5 Å². The lowest BCUT2D eigenvalue weighted by molar-refractivity contribution is 0.0526. The minimum absolute atomic E-state index is 0.0528. The third kappa shape index (κ3) is 5.07. The lowest BCUT2D eigenvalue weighted by Crippen LogP contribution is -2.16. The van der Waals surface area contributed by atoms with Gasteiger partial charge in [-0.2, -0.15) is 8.42 Å². The van der Waals surface area contributed by atoms with Gasteiger partial charge in [0.1, 0.15) is 5.00 Å². The van der Waals surface area contributed by atoms with Gasteiger partial charge in [-0.05, 0) is 57.2 Å². The van der Waals surface area contributed by atoms with Gasteiger partial charge in [0, 0.05) is 10.4 Å². The second kappa shape index (κ2) is 9.57. The Bertz CT molecular complexity index is 1300. The first-order valence-electron chi connectivity index (χ1n) is 10.3. The number of sulfonamides is 1. The highest BCUT2D eigenvalue weighted by molar-refractivity contribution is 7.94. The predicted molar refractivity (Wildman–Crippen MR) is 127 cm³/mol. The van der Waals surface area contributed by atoms with Crippen molar-refractivity contribution in [3.05, 3.63) is 51.4 Å². The van der Waals surface area contributed by atoms with Gasteiger partial charge in [0.25, 0.3) is 20.3 Å². The number of thiophene rings is 1. The second-order valence-corrected chi connectivity index (χ2v) is 11.4. The van der Waals surface area contributed by atoms with Crippen LogP contribution in [-0.4, -0.2) is 37.1 Å². The molecule has 174 valence electrons. The maximum absolute atomic E-state index is 13.0. The number of carbonyl (C=O) groups excluding carboxylic acids is 2. The normalized spacial score (nSPS) is 13.3. The van der Waals surface area contributed by atoms with Crippen molar-refractivity contribution in [3.63, 3.8) is 0 Å². The highest BCUT2D eigenvalue weighted by atomic mass is 32.2. The van der Waals surface area contributed by atoms with E-state index in [2.05, 4.69) is 20.2 Å². The summed E-state index contributed by atoms with van der Waals surface area (Å²) < 4.78 is 33.3. The summed E-state index contributed by atoms with van der Waals surface area (Å²) in [5.41, 5.74) is 2.56. The quantitative estimate of drug-likeness (QED) is 0.366. The number of ether oxygens (including phenoxy) is 1. The number of fused-ring (bicyclic) bond motifs is 1. The predicted octanol–water partition coefficient (Wildman–Crippen LogP) is 4.02. The largest absolute Gasteiger partial charge is 0.462 e. The van der Waals surface area contributed by atoms with Crippen LogP contribution in [0.5, 0.6) is 0 Å². The zero-order valence-corrected chi connectivity index (χ0v) is 20.5. The molecule has 2 heterocycles. The van der Waals surface area contributed by atoms with Crippen molar-refractivity contribution in [1.29, 1.82) is 0 Å². The van der Waals surface area contributed by atoms with Gasteiger partial charge >= 0.3 is 5.97 Å². The molecule has 2 aromatic heterocycles. The zero-order chi connectivity index (χ0) is 23.6. The molecule has 33 heavy (non-hydrogen) atoms. The molecule has 1 amide bonds. The standard InChI is InChI=1S/C21H22N4O5S3/c1-3-30-19(27)16-14-6-4-5-7-15(14)31-18(16)25-33(28,29)21-24-23-20(32-21)22-17(26)13-10-8-12(2)9-11-13/h8-11,25H,3-7H2,1-2H3,(H,22,23,26). The van der Waals surface area contributed by atoms with Gasteiger partial charge in [-0.1, -0.05) is 29.0 Å². The molecule has 2 N–H and O–H groups in total. The van der Waals surface area contributed by atoms with Crippen LogP contribution in [0.25, 0.3) is 0 Å². The van der Waals surface area contributed by atoms with Crippen molar-refractivity contribution < 1.29 is 22.7 Å². The molecule has 3 aromatic rings. The fourth-order valence-electron chi connectivity index (χ4n) is 3.47. The summed E-state index contributed by atoms with van der Waals surface area (Å²) in [6.07, 6.45) is 3.42. The number of benzene rings is 1. The molecule has 0 bridgehead atoms. The molecule has 12 heteroatoms. The van der Waals surface area contributed by atoms with Crippen molar-refractivity contribution in [1.82, 2.24) is 10.2 Å². The number of rotatable bonds is 7. The van der Waals surface area contributed by atoms with E-state index in [1.54, 1.807) is 31.2 Å². The first-order chi connectivity index (χ1) is 15.8. The lowest BCUT2D eigenvalue weighted by Gasteiger charge is -2.12. The average Bonchev–Trinajstić information content (AvgIpc) is 3.38.